The van der Waals surface area contributed by atoms with Gasteiger partial charge in [0.1, 0.15) is 18.3 Å². The van der Waals surface area contributed by atoms with Gasteiger partial charge < -0.3 is 34.8 Å². The van der Waals surface area contributed by atoms with Gasteiger partial charge in [-0.25, -0.2) is 0 Å². The molecule has 12 heteroatoms. The van der Waals surface area contributed by atoms with E-state index in [4.69, 9.17) is 9.47 Å². The summed E-state index contributed by atoms with van der Waals surface area (Å²) in [5.74, 6) is -0.466. The molecule has 4 fully saturated rings. The Hall–Kier alpha value is -2.64. The van der Waals surface area contributed by atoms with E-state index in [1.807, 2.05) is 32.9 Å². The van der Waals surface area contributed by atoms with Gasteiger partial charge in [-0.05, 0) is 23.5 Å². The maximum atomic E-state index is 13.9. The van der Waals surface area contributed by atoms with Crippen molar-refractivity contribution in [3.8, 4) is 0 Å². The summed E-state index contributed by atoms with van der Waals surface area (Å²) in [7, 11) is 0. The van der Waals surface area contributed by atoms with Gasteiger partial charge in [-0.15, -0.1) is 0 Å². The van der Waals surface area contributed by atoms with Crippen LogP contribution >= 0.6 is 0 Å². The van der Waals surface area contributed by atoms with Crippen LogP contribution in [0.15, 0.2) is 24.5 Å². The lowest BCUT2D eigenvalue weighted by Crippen LogP contribution is -2.55. The molecule has 0 aromatic carbocycles. The van der Waals surface area contributed by atoms with Crippen molar-refractivity contribution in [2.75, 3.05) is 39.3 Å². The molecule has 4 aliphatic rings. The van der Waals surface area contributed by atoms with E-state index in [1.165, 1.54) is 0 Å². The molecule has 5 heterocycles. The van der Waals surface area contributed by atoms with Gasteiger partial charge in [-0.2, -0.15) is 0 Å². The summed E-state index contributed by atoms with van der Waals surface area (Å²) >= 11 is 0. The number of hydrogen-bond donors (Lipinski definition) is 3. The number of ether oxygens (including phenoxy) is 2. The van der Waals surface area contributed by atoms with Gasteiger partial charge in [-0.1, -0.05) is 26.8 Å². The Bertz CT molecular complexity index is 1100. The highest BCUT2D eigenvalue weighted by atomic mass is 16.5. The minimum atomic E-state index is -1.26. The van der Waals surface area contributed by atoms with Crippen LogP contribution in [0.5, 0.6) is 0 Å². The van der Waals surface area contributed by atoms with Crippen molar-refractivity contribution in [1.29, 1.82) is 0 Å². The van der Waals surface area contributed by atoms with Crippen molar-refractivity contribution in [1.82, 2.24) is 25.0 Å². The number of morpholine rings is 1. The summed E-state index contributed by atoms with van der Waals surface area (Å²) in [6.45, 7) is 8.30. The van der Waals surface area contributed by atoms with E-state index >= 15 is 0 Å². The Morgan fingerprint density at radius 2 is 1.90 bits per heavy atom. The molecule has 12 nitrogen and oxygen atoms in total. The van der Waals surface area contributed by atoms with Gasteiger partial charge in [0, 0.05) is 64.1 Å². The lowest BCUT2D eigenvalue weighted by Gasteiger charge is -2.39. The molecular weight excluding hydrogens is 530 g/mol. The van der Waals surface area contributed by atoms with Crippen molar-refractivity contribution in [2.45, 2.75) is 89.2 Å². The molecular formula is C29H43N5O7. The Morgan fingerprint density at radius 3 is 2.63 bits per heavy atom. The lowest BCUT2D eigenvalue weighted by molar-refractivity contribution is -0.148. The third kappa shape index (κ3) is 7.23. The summed E-state index contributed by atoms with van der Waals surface area (Å²) in [6.07, 6.45) is -0.622. The van der Waals surface area contributed by atoms with Gasteiger partial charge >= 0.3 is 0 Å². The Kier molecular flexibility index (Phi) is 8.95. The molecule has 41 heavy (non-hydrogen) atoms. The summed E-state index contributed by atoms with van der Waals surface area (Å²) in [5, 5.41) is 24.6. The van der Waals surface area contributed by atoms with Crippen molar-refractivity contribution in [3.63, 3.8) is 0 Å². The number of nitrogens with one attached hydrogen (secondary N) is 1. The second-order valence-electron chi connectivity index (χ2n) is 13.0. The summed E-state index contributed by atoms with van der Waals surface area (Å²) in [5.41, 5.74) is 0.701. The minimum Gasteiger partial charge on any atom is -0.388 e. The quantitative estimate of drug-likeness (QED) is 0.437. The van der Waals surface area contributed by atoms with Crippen LogP contribution in [-0.2, 0) is 30.4 Å². The third-order valence-electron chi connectivity index (χ3n) is 8.32. The Labute approximate surface area is 241 Å². The maximum absolute atomic E-state index is 13.9. The van der Waals surface area contributed by atoms with Gasteiger partial charge in [0.15, 0.2) is 0 Å². The SMILES string of the molecule is CC(C)(C)CC(=O)N1C[C@@H]2CN(CCO2)C(=O)[C@@H]2C[C@@H](CN2Cc2cccnc2)NC(=O)C[C@@H]2O[C@H](C1)[C@@H](O)[C@H]2O. The molecule has 226 valence electrons. The number of aliphatic hydroxyl groups excluding tert-OH is 2. The van der Waals surface area contributed by atoms with E-state index in [0.717, 1.165) is 5.56 Å². The fraction of sp³-hybridized carbons (Fsp3) is 0.724. The predicted octanol–water partition coefficient (Wildman–Crippen LogP) is -0.474. The van der Waals surface area contributed by atoms with Gasteiger partial charge in [0.2, 0.25) is 17.7 Å². The fourth-order valence-electron chi connectivity index (χ4n) is 6.33. The van der Waals surface area contributed by atoms with Crippen LogP contribution in [-0.4, -0.2) is 130 Å². The van der Waals surface area contributed by atoms with Crippen LogP contribution in [0.2, 0.25) is 0 Å². The van der Waals surface area contributed by atoms with Crippen LogP contribution in [0.3, 0.4) is 0 Å². The normalized spacial score (nSPS) is 33.6. The second kappa shape index (κ2) is 12.3. The first-order chi connectivity index (χ1) is 19.5. The number of aromatic nitrogens is 1. The highest BCUT2D eigenvalue weighted by Crippen LogP contribution is 2.28. The average Bonchev–Trinajstić information content (AvgIpc) is 3.42. The first kappa shape index (κ1) is 29.8. The largest absolute Gasteiger partial charge is 0.388 e. The molecule has 1 aromatic rings. The molecule has 0 unspecified atom stereocenters. The van der Waals surface area contributed by atoms with Crippen LogP contribution in [0.25, 0.3) is 0 Å². The number of nitrogens with zero attached hydrogens (tertiary/aromatic N) is 4. The standard InChI is InChI=1S/C29H43N5O7/c1-29(2,3)11-25(36)34-16-20-15-32(7-8-40-20)28(39)21-9-19(14-33(21)13-18-5-4-6-30-12-18)31-24(35)10-22-26(37)27(38)23(17-34)41-22/h4-6,12,19-23,26-27,37-38H,7-11,13-17H2,1-3H3,(H,31,35)/t19-,20-,21-,22-,23+,26-,27+/m0/s1. The van der Waals surface area contributed by atoms with E-state index in [2.05, 4.69) is 15.2 Å². The molecule has 5 rings (SSSR count). The first-order valence-corrected chi connectivity index (χ1v) is 14.6. The monoisotopic (exact) mass is 573 g/mol. The molecule has 4 saturated heterocycles. The molecule has 7 atom stereocenters. The zero-order valence-electron chi connectivity index (χ0n) is 24.1. The molecule has 4 aliphatic heterocycles. The number of aliphatic hydroxyl groups is 2. The summed E-state index contributed by atoms with van der Waals surface area (Å²) in [6, 6.07) is 3.12. The van der Waals surface area contributed by atoms with Gasteiger partial charge in [0.25, 0.3) is 0 Å². The maximum Gasteiger partial charge on any atom is 0.240 e. The average molecular weight is 574 g/mol. The van der Waals surface area contributed by atoms with E-state index in [0.29, 0.717) is 39.2 Å². The van der Waals surface area contributed by atoms with E-state index in [9.17, 15) is 24.6 Å². The summed E-state index contributed by atoms with van der Waals surface area (Å²) in [4.78, 5) is 50.1. The van der Waals surface area contributed by atoms with Crippen molar-refractivity contribution in [3.05, 3.63) is 30.1 Å². The van der Waals surface area contributed by atoms with E-state index in [-0.39, 0.29) is 55.1 Å². The zero-order valence-corrected chi connectivity index (χ0v) is 24.1. The van der Waals surface area contributed by atoms with Crippen LogP contribution < -0.4 is 5.32 Å². The van der Waals surface area contributed by atoms with Crippen molar-refractivity contribution in [2.24, 2.45) is 5.41 Å². The smallest absolute Gasteiger partial charge is 0.240 e. The topological polar surface area (TPSA) is 145 Å². The number of hydrogen-bond acceptors (Lipinski definition) is 9. The van der Waals surface area contributed by atoms with Crippen molar-refractivity contribution >= 4 is 17.7 Å². The number of rotatable bonds is 3. The zero-order chi connectivity index (χ0) is 29.3. The number of carbonyl (C=O) groups is 3. The Morgan fingerprint density at radius 1 is 1.12 bits per heavy atom. The van der Waals surface area contributed by atoms with E-state index in [1.54, 1.807) is 22.2 Å². The molecule has 3 amide bonds. The van der Waals surface area contributed by atoms with Crippen LogP contribution in [0, 0.1) is 5.41 Å². The van der Waals surface area contributed by atoms with Crippen molar-refractivity contribution < 1.29 is 34.1 Å². The molecule has 1 aromatic heterocycles. The molecule has 0 aliphatic carbocycles. The minimum absolute atomic E-state index is 0.0205. The number of pyridine rings is 1. The van der Waals surface area contributed by atoms with E-state index < -0.39 is 36.6 Å². The molecule has 0 radical (unpaired) electrons. The molecule has 0 saturated carbocycles. The fourth-order valence-corrected chi connectivity index (χ4v) is 6.33. The number of fused-ring (bicyclic) bond motifs is 6. The number of likely N-dealkylation sites (tertiary alicyclic amines) is 1. The number of carbonyl (C=O) groups excluding carboxylic acids is 3. The highest BCUT2D eigenvalue weighted by molar-refractivity contribution is 5.83. The third-order valence-corrected chi connectivity index (χ3v) is 8.32. The molecule has 6 bridgehead atoms. The van der Waals surface area contributed by atoms with Gasteiger partial charge in [-0.3, -0.25) is 24.3 Å². The lowest BCUT2D eigenvalue weighted by atomic mass is 9.91. The Balaban J connectivity index is 1.41. The second-order valence-corrected chi connectivity index (χ2v) is 13.0. The van der Waals surface area contributed by atoms with Crippen LogP contribution in [0.1, 0.15) is 45.6 Å². The summed E-state index contributed by atoms with van der Waals surface area (Å²) < 4.78 is 12.0. The van der Waals surface area contributed by atoms with Crippen LogP contribution in [0.4, 0.5) is 0 Å². The molecule has 3 N–H and O–H groups in total. The first-order valence-electron chi connectivity index (χ1n) is 14.6. The predicted molar refractivity (Wildman–Crippen MR) is 147 cm³/mol. The molecule has 0 spiro atoms. The van der Waals surface area contributed by atoms with Gasteiger partial charge in [0.05, 0.1) is 31.3 Å². The number of amides is 3. The highest BCUT2D eigenvalue weighted by Gasteiger charge is 2.46.